The van der Waals surface area contributed by atoms with Crippen LogP contribution < -0.4 is 15.4 Å². The van der Waals surface area contributed by atoms with E-state index in [1.807, 2.05) is 24.3 Å². The summed E-state index contributed by atoms with van der Waals surface area (Å²) in [6, 6.07) is 8.05. The van der Waals surface area contributed by atoms with Crippen molar-refractivity contribution in [1.29, 1.82) is 0 Å². The van der Waals surface area contributed by atoms with Crippen molar-refractivity contribution in [2.75, 3.05) is 72.9 Å². The molecule has 1 aromatic rings. The minimum absolute atomic E-state index is 0.0421. The van der Waals surface area contributed by atoms with Crippen molar-refractivity contribution in [1.82, 2.24) is 15.5 Å². The Balaban J connectivity index is 1.42. The largest absolute Gasteiger partial charge is 0.494 e. The Morgan fingerprint density at radius 1 is 0.886 bits per heavy atom. The molecule has 1 aliphatic rings. The summed E-state index contributed by atoms with van der Waals surface area (Å²) in [5.41, 5.74) is 0.996. The predicted octanol–water partition coefficient (Wildman–Crippen LogP) is 1.92. The molecule has 1 saturated heterocycles. The van der Waals surface area contributed by atoms with Gasteiger partial charge in [0, 0.05) is 38.8 Å². The molecule has 0 bridgehead atoms. The van der Waals surface area contributed by atoms with Gasteiger partial charge in [-0.15, -0.1) is 0 Å². The Morgan fingerprint density at radius 3 is 2.23 bits per heavy atom. The second kappa shape index (κ2) is 16.5. The van der Waals surface area contributed by atoms with Crippen LogP contribution in [0.25, 0.3) is 0 Å². The van der Waals surface area contributed by atoms with Crippen LogP contribution in [0.2, 0.25) is 0 Å². The van der Waals surface area contributed by atoms with Gasteiger partial charge >= 0.3 is 0 Å². The molecule has 0 radical (unpaired) electrons. The molecule has 1 fully saturated rings. The van der Waals surface area contributed by atoms with Gasteiger partial charge in [0.15, 0.2) is 0 Å². The number of likely N-dealkylation sites (N-methyl/N-ethyl adjacent to an activating group) is 1. The summed E-state index contributed by atoms with van der Waals surface area (Å²) in [5, 5.41) is 5.65. The van der Waals surface area contributed by atoms with E-state index >= 15 is 0 Å². The first-order chi connectivity index (χ1) is 16.9. The fourth-order valence-electron chi connectivity index (χ4n) is 3.71. The summed E-state index contributed by atoms with van der Waals surface area (Å²) in [6.45, 7) is 9.52. The van der Waals surface area contributed by atoms with Gasteiger partial charge in [-0.05, 0) is 51.7 Å². The molecule has 2 amide bonds. The minimum Gasteiger partial charge on any atom is -0.494 e. The highest BCUT2D eigenvalue weighted by Gasteiger charge is 2.31. The first-order valence-corrected chi connectivity index (χ1v) is 12.6. The molecule has 0 atom stereocenters. The molecule has 0 unspecified atom stereocenters. The van der Waals surface area contributed by atoms with E-state index in [4.69, 9.17) is 18.9 Å². The van der Waals surface area contributed by atoms with E-state index in [0.717, 1.165) is 51.1 Å². The number of ether oxygens (including phenoxy) is 4. The zero-order chi connectivity index (χ0) is 25.4. The second-order valence-electron chi connectivity index (χ2n) is 9.21. The molecule has 0 aromatic heterocycles. The highest BCUT2D eigenvalue weighted by molar-refractivity contribution is 5.78. The molecule has 1 heterocycles. The maximum Gasteiger partial charge on any atom is 0.246 e. The molecule has 0 aliphatic carbocycles. The zero-order valence-corrected chi connectivity index (χ0v) is 21.6. The van der Waals surface area contributed by atoms with Crippen LogP contribution in [0.5, 0.6) is 5.75 Å². The molecule has 35 heavy (non-hydrogen) atoms. The number of amides is 2. The molecule has 9 nitrogen and oxygen atoms in total. The van der Waals surface area contributed by atoms with Crippen molar-refractivity contribution in [2.45, 2.75) is 45.1 Å². The number of hydrogen-bond donors (Lipinski definition) is 2. The van der Waals surface area contributed by atoms with E-state index in [-0.39, 0.29) is 30.6 Å². The summed E-state index contributed by atoms with van der Waals surface area (Å²) in [5.74, 6) is 0.683. The lowest BCUT2D eigenvalue weighted by molar-refractivity contribution is -0.128. The fourth-order valence-corrected chi connectivity index (χ4v) is 3.71. The molecule has 0 saturated carbocycles. The Labute approximate surface area is 209 Å². The first-order valence-electron chi connectivity index (χ1n) is 12.6. The van der Waals surface area contributed by atoms with Crippen LogP contribution in [-0.4, -0.2) is 95.2 Å². The van der Waals surface area contributed by atoms with Gasteiger partial charge in [0.25, 0.3) is 0 Å². The third kappa shape index (κ3) is 12.9. The summed E-state index contributed by atoms with van der Waals surface area (Å²) in [4.78, 5) is 25.7. The monoisotopic (exact) mass is 493 g/mol. The van der Waals surface area contributed by atoms with E-state index < -0.39 is 0 Å². The quantitative estimate of drug-likeness (QED) is 0.320. The molecule has 2 N–H and O–H groups in total. The SMILES string of the molecule is CNC(=O)COCCN1CCC(C)(NC(=O)COCCOCCCCOc2ccc(C)cc2)CC1. The van der Waals surface area contributed by atoms with Crippen LogP contribution in [-0.2, 0) is 23.8 Å². The number of unbranched alkanes of at least 4 members (excludes halogenated alkanes) is 1. The molecule has 198 valence electrons. The zero-order valence-electron chi connectivity index (χ0n) is 21.6. The van der Waals surface area contributed by atoms with Gasteiger partial charge < -0.3 is 34.5 Å². The average molecular weight is 494 g/mol. The molecule has 2 rings (SSSR count). The number of aryl methyl sites for hydroxylation is 1. The number of carbonyl (C=O) groups is 2. The number of piperidine rings is 1. The number of nitrogens with zero attached hydrogens (tertiary/aromatic N) is 1. The van der Waals surface area contributed by atoms with Gasteiger partial charge in [-0.2, -0.15) is 0 Å². The van der Waals surface area contributed by atoms with Crippen molar-refractivity contribution in [3.8, 4) is 5.75 Å². The summed E-state index contributed by atoms with van der Waals surface area (Å²) in [7, 11) is 1.59. The normalized spacial score (nSPS) is 15.5. The van der Waals surface area contributed by atoms with Gasteiger partial charge in [-0.1, -0.05) is 17.7 Å². The third-order valence-electron chi connectivity index (χ3n) is 6.04. The number of nitrogens with one attached hydrogen (secondary N) is 2. The van der Waals surface area contributed by atoms with E-state index in [0.29, 0.717) is 33.0 Å². The fraction of sp³-hybridized carbons (Fsp3) is 0.692. The third-order valence-corrected chi connectivity index (χ3v) is 6.04. The minimum atomic E-state index is -0.225. The van der Waals surface area contributed by atoms with Crippen LogP contribution in [0.15, 0.2) is 24.3 Å². The number of hydrogen-bond acceptors (Lipinski definition) is 7. The number of carbonyl (C=O) groups excluding carboxylic acids is 2. The lowest BCUT2D eigenvalue weighted by Gasteiger charge is -2.40. The Kier molecular flexibility index (Phi) is 13.7. The van der Waals surface area contributed by atoms with E-state index in [1.165, 1.54) is 5.56 Å². The number of rotatable bonds is 17. The van der Waals surface area contributed by atoms with Gasteiger partial charge in [-0.25, -0.2) is 0 Å². The number of likely N-dealkylation sites (tertiary alicyclic amines) is 1. The smallest absolute Gasteiger partial charge is 0.246 e. The van der Waals surface area contributed by atoms with Crippen molar-refractivity contribution in [2.24, 2.45) is 0 Å². The van der Waals surface area contributed by atoms with Crippen LogP contribution in [0.3, 0.4) is 0 Å². The van der Waals surface area contributed by atoms with Crippen LogP contribution in [0.4, 0.5) is 0 Å². The highest BCUT2D eigenvalue weighted by Crippen LogP contribution is 2.21. The predicted molar refractivity (Wildman–Crippen MR) is 135 cm³/mol. The highest BCUT2D eigenvalue weighted by atomic mass is 16.5. The molecular formula is C26H43N3O6. The number of benzene rings is 1. The molecule has 1 aromatic carbocycles. The Bertz CT molecular complexity index is 735. The Hall–Kier alpha value is -2.20. The lowest BCUT2D eigenvalue weighted by atomic mass is 9.89. The van der Waals surface area contributed by atoms with E-state index in [2.05, 4.69) is 29.4 Å². The van der Waals surface area contributed by atoms with E-state index in [9.17, 15) is 9.59 Å². The molecule has 1 aliphatic heterocycles. The molecule has 0 spiro atoms. The summed E-state index contributed by atoms with van der Waals surface area (Å²) < 4.78 is 22.1. The van der Waals surface area contributed by atoms with Crippen molar-refractivity contribution in [3.63, 3.8) is 0 Å². The summed E-state index contributed by atoms with van der Waals surface area (Å²) >= 11 is 0. The maximum absolute atomic E-state index is 12.3. The lowest BCUT2D eigenvalue weighted by Crippen LogP contribution is -2.54. The van der Waals surface area contributed by atoms with Gasteiger partial charge in [0.2, 0.25) is 11.8 Å². The standard InChI is InChI=1S/C26H43N3O6/c1-22-6-8-23(9-7-22)35-16-5-4-15-32-18-19-34-21-25(31)28-26(2)10-12-29(13-11-26)14-17-33-20-24(30)27-3/h6-9H,4-5,10-21H2,1-3H3,(H,27,30)(H,28,31). The van der Waals surface area contributed by atoms with Crippen molar-refractivity contribution >= 4 is 11.8 Å². The maximum atomic E-state index is 12.3. The van der Waals surface area contributed by atoms with Crippen molar-refractivity contribution in [3.05, 3.63) is 29.8 Å². The molecule has 9 heteroatoms. The Morgan fingerprint density at radius 2 is 1.51 bits per heavy atom. The van der Waals surface area contributed by atoms with Gasteiger partial charge in [-0.3, -0.25) is 9.59 Å². The topological polar surface area (TPSA) is 98.4 Å². The summed E-state index contributed by atoms with van der Waals surface area (Å²) in [6.07, 6.45) is 3.58. The second-order valence-corrected chi connectivity index (χ2v) is 9.21. The van der Waals surface area contributed by atoms with Crippen LogP contribution >= 0.6 is 0 Å². The first kappa shape index (κ1) is 29.0. The van der Waals surface area contributed by atoms with E-state index in [1.54, 1.807) is 7.05 Å². The van der Waals surface area contributed by atoms with Crippen molar-refractivity contribution < 1.29 is 28.5 Å². The molecular weight excluding hydrogens is 450 g/mol. The average Bonchev–Trinajstić information content (AvgIpc) is 2.85. The van der Waals surface area contributed by atoms with Gasteiger partial charge in [0.1, 0.15) is 19.0 Å². The van der Waals surface area contributed by atoms with Crippen LogP contribution in [0, 0.1) is 6.92 Å². The van der Waals surface area contributed by atoms with Gasteiger partial charge in [0.05, 0.1) is 26.4 Å². The van der Waals surface area contributed by atoms with Crippen LogP contribution in [0.1, 0.15) is 38.2 Å².